The summed E-state index contributed by atoms with van der Waals surface area (Å²) in [5.74, 6) is 0.339. The third-order valence-electron chi connectivity index (χ3n) is 2.14. The maximum Gasteiger partial charge on any atom is 0.412 e. The number of rotatable bonds is 2. The van der Waals surface area contributed by atoms with E-state index in [1.807, 2.05) is 0 Å². The van der Waals surface area contributed by atoms with Gasteiger partial charge in [-0.3, -0.25) is 5.32 Å². The second-order valence-electron chi connectivity index (χ2n) is 5.11. The van der Waals surface area contributed by atoms with E-state index in [-0.39, 0.29) is 5.28 Å². The minimum absolute atomic E-state index is 0.0476. The van der Waals surface area contributed by atoms with Crippen molar-refractivity contribution in [2.45, 2.75) is 26.4 Å². The first-order chi connectivity index (χ1) is 9.74. The molecule has 1 amide bonds. The molecule has 0 aromatic carbocycles. The lowest BCUT2D eigenvalue weighted by molar-refractivity contribution is 0.0635. The van der Waals surface area contributed by atoms with Crippen LogP contribution < -0.4 is 5.32 Å². The molecule has 2 aromatic heterocycles. The molecule has 0 bridgehead atoms. The largest absolute Gasteiger partial charge is 0.444 e. The van der Waals surface area contributed by atoms with Gasteiger partial charge in [-0.25, -0.2) is 14.5 Å². The molecule has 0 spiro atoms. The Morgan fingerprint density at radius 3 is 2.71 bits per heavy atom. The van der Waals surface area contributed by atoms with Gasteiger partial charge in [-0.05, 0) is 48.3 Å². The molecule has 0 aliphatic heterocycles. The number of carbonyl (C=O) groups excluding carboxylic acids is 1. The topological polar surface area (TPSA) is 81.9 Å². The number of carbonyl (C=O) groups is 1. The summed E-state index contributed by atoms with van der Waals surface area (Å²) in [4.78, 5) is 19.8. The van der Waals surface area contributed by atoms with Crippen LogP contribution in [0.5, 0.6) is 0 Å². The minimum atomic E-state index is -0.610. The maximum absolute atomic E-state index is 11.8. The summed E-state index contributed by atoms with van der Waals surface area (Å²) in [6.07, 6.45) is 4.05. The molecule has 0 saturated heterocycles. The number of anilines is 1. The Hall–Kier alpha value is -1.67. The molecule has 0 saturated carbocycles. The number of aromatic nitrogens is 4. The normalized spacial score (nSPS) is 11.3. The van der Waals surface area contributed by atoms with Crippen molar-refractivity contribution in [3.05, 3.63) is 28.3 Å². The Balaban J connectivity index is 2.30. The smallest absolute Gasteiger partial charge is 0.412 e. The molecule has 0 aliphatic rings. The molecule has 21 heavy (non-hydrogen) atoms. The van der Waals surface area contributed by atoms with Crippen LogP contribution in [-0.4, -0.2) is 31.4 Å². The minimum Gasteiger partial charge on any atom is -0.444 e. The number of ether oxygens (including phenoxy) is 1. The molecule has 9 heteroatoms. The van der Waals surface area contributed by atoms with E-state index >= 15 is 0 Å². The molecule has 2 rings (SSSR count). The average Bonchev–Trinajstić information content (AvgIpc) is 2.75. The van der Waals surface area contributed by atoms with Gasteiger partial charge in [0.05, 0.1) is 16.9 Å². The number of nitrogens with one attached hydrogen (secondary N) is 1. The van der Waals surface area contributed by atoms with Crippen molar-refractivity contribution >= 4 is 39.3 Å². The zero-order valence-corrected chi connectivity index (χ0v) is 13.9. The maximum atomic E-state index is 11.8. The van der Waals surface area contributed by atoms with Crippen molar-refractivity contribution in [2.24, 2.45) is 0 Å². The van der Waals surface area contributed by atoms with Gasteiger partial charge in [0, 0.05) is 6.20 Å². The van der Waals surface area contributed by atoms with Crippen molar-refractivity contribution in [3.63, 3.8) is 0 Å². The van der Waals surface area contributed by atoms with Gasteiger partial charge in [0.15, 0.2) is 5.82 Å². The van der Waals surface area contributed by atoms with Crippen molar-refractivity contribution in [2.75, 3.05) is 5.32 Å². The lowest BCUT2D eigenvalue weighted by Crippen LogP contribution is -2.27. The predicted octanol–water partition coefficient (Wildman–Crippen LogP) is 3.43. The molecule has 0 fully saturated rings. The monoisotopic (exact) mass is 373 g/mol. The average molecular weight is 375 g/mol. The lowest BCUT2D eigenvalue weighted by Gasteiger charge is -2.20. The van der Waals surface area contributed by atoms with Crippen LogP contribution in [0.4, 0.5) is 10.5 Å². The molecule has 112 valence electrons. The number of halogens is 2. The number of hydrogen-bond acceptors (Lipinski definition) is 5. The number of hydrogen-bond donors (Lipinski definition) is 1. The van der Waals surface area contributed by atoms with Gasteiger partial charge < -0.3 is 4.74 Å². The van der Waals surface area contributed by atoms with Gasteiger partial charge in [0.1, 0.15) is 11.3 Å². The van der Waals surface area contributed by atoms with Crippen molar-refractivity contribution < 1.29 is 9.53 Å². The molecule has 0 atom stereocenters. The third-order valence-corrected chi connectivity index (χ3v) is 2.73. The van der Waals surface area contributed by atoms with Crippen LogP contribution in [0.3, 0.4) is 0 Å². The predicted molar refractivity (Wildman–Crippen MR) is 81.7 cm³/mol. The van der Waals surface area contributed by atoms with E-state index in [9.17, 15) is 4.79 Å². The highest BCUT2D eigenvalue weighted by Gasteiger charge is 2.19. The Kier molecular flexibility index (Phi) is 4.48. The summed E-state index contributed by atoms with van der Waals surface area (Å²) in [6, 6.07) is 0. The summed E-state index contributed by atoms with van der Waals surface area (Å²) in [5.41, 5.74) is -0.268. The van der Waals surface area contributed by atoms with Crippen molar-refractivity contribution in [1.82, 2.24) is 19.7 Å². The Morgan fingerprint density at radius 2 is 2.14 bits per heavy atom. The van der Waals surface area contributed by atoms with E-state index in [2.05, 4.69) is 36.3 Å². The van der Waals surface area contributed by atoms with E-state index < -0.39 is 11.7 Å². The van der Waals surface area contributed by atoms with E-state index in [1.165, 1.54) is 10.9 Å². The van der Waals surface area contributed by atoms with Gasteiger partial charge in [0.25, 0.3) is 0 Å². The molecule has 1 N–H and O–H groups in total. The highest BCUT2D eigenvalue weighted by Crippen LogP contribution is 2.21. The molecule has 7 nitrogen and oxygen atoms in total. The summed E-state index contributed by atoms with van der Waals surface area (Å²) < 4.78 is 7.42. The van der Waals surface area contributed by atoms with E-state index in [4.69, 9.17) is 16.3 Å². The summed E-state index contributed by atoms with van der Waals surface area (Å²) in [6.45, 7) is 5.32. The van der Waals surface area contributed by atoms with Crippen LogP contribution in [0.1, 0.15) is 20.8 Å². The quantitative estimate of drug-likeness (QED) is 0.814. The van der Waals surface area contributed by atoms with Gasteiger partial charge in [0.2, 0.25) is 5.28 Å². The Bertz CT molecular complexity index is 668. The summed E-state index contributed by atoms with van der Waals surface area (Å²) in [5, 5.41) is 6.73. The SMILES string of the molecule is CC(C)(C)OC(=O)Nc1cnc(Cl)nc1-n1cc(Br)cn1. The molecule has 0 unspecified atom stereocenters. The first-order valence-corrected chi connectivity index (χ1v) is 7.15. The summed E-state index contributed by atoms with van der Waals surface area (Å²) >= 11 is 9.09. The first-order valence-electron chi connectivity index (χ1n) is 5.98. The van der Waals surface area contributed by atoms with Crippen LogP contribution in [0.25, 0.3) is 5.82 Å². The molecule has 0 radical (unpaired) electrons. The highest BCUT2D eigenvalue weighted by molar-refractivity contribution is 9.10. The van der Waals surface area contributed by atoms with E-state index in [1.54, 1.807) is 33.2 Å². The Morgan fingerprint density at radius 1 is 1.43 bits per heavy atom. The van der Waals surface area contributed by atoms with Crippen LogP contribution in [0, 0.1) is 0 Å². The van der Waals surface area contributed by atoms with E-state index in [0.717, 1.165) is 4.47 Å². The fourth-order valence-corrected chi connectivity index (χ4v) is 1.86. The Labute approximate surface area is 134 Å². The van der Waals surface area contributed by atoms with Gasteiger partial charge in [-0.2, -0.15) is 10.1 Å². The van der Waals surface area contributed by atoms with Crippen LogP contribution in [-0.2, 0) is 4.74 Å². The molecule has 2 aromatic rings. The lowest BCUT2D eigenvalue weighted by atomic mass is 10.2. The first kappa shape index (κ1) is 15.7. The summed E-state index contributed by atoms with van der Waals surface area (Å²) in [7, 11) is 0. The number of amides is 1. The van der Waals surface area contributed by atoms with Gasteiger partial charge in [-0.15, -0.1) is 0 Å². The fourth-order valence-electron chi connectivity index (χ4n) is 1.45. The third kappa shape index (κ3) is 4.40. The van der Waals surface area contributed by atoms with Crippen molar-refractivity contribution in [1.29, 1.82) is 0 Å². The zero-order chi connectivity index (χ0) is 15.6. The molecule has 2 heterocycles. The van der Waals surface area contributed by atoms with Crippen molar-refractivity contribution in [3.8, 4) is 5.82 Å². The molecular formula is C12H13BrClN5O2. The second-order valence-corrected chi connectivity index (χ2v) is 6.36. The fraction of sp³-hybridized carbons (Fsp3) is 0.333. The van der Waals surface area contributed by atoms with Crippen LogP contribution in [0.2, 0.25) is 5.28 Å². The van der Waals surface area contributed by atoms with Gasteiger partial charge in [-0.1, -0.05) is 0 Å². The zero-order valence-electron chi connectivity index (χ0n) is 11.6. The highest BCUT2D eigenvalue weighted by atomic mass is 79.9. The molecule has 0 aliphatic carbocycles. The van der Waals surface area contributed by atoms with Crippen LogP contribution >= 0.6 is 27.5 Å². The second kappa shape index (κ2) is 5.98. The van der Waals surface area contributed by atoms with Gasteiger partial charge >= 0.3 is 6.09 Å². The van der Waals surface area contributed by atoms with E-state index in [0.29, 0.717) is 11.5 Å². The standard InChI is InChI=1S/C12H13BrClN5O2/c1-12(2,3)21-11(20)17-8-5-15-10(14)18-9(8)19-6-7(13)4-16-19/h4-6H,1-3H3,(H,17,20). The number of nitrogens with zero attached hydrogens (tertiary/aromatic N) is 4. The molecular weight excluding hydrogens is 362 g/mol. The van der Waals surface area contributed by atoms with Crippen LogP contribution in [0.15, 0.2) is 23.1 Å².